The van der Waals surface area contributed by atoms with Crippen molar-refractivity contribution < 1.29 is 19.2 Å². The maximum absolute atomic E-state index is 13.1. The Morgan fingerprint density at radius 2 is 1.66 bits per heavy atom. The Bertz CT molecular complexity index is 1060. The molecule has 0 amide bonds. The van der Waals surface area contributed by atoms with E-state index in [-0.39, 0.29) is 16.3 Å². The SMILES string of the molecule is Cc1ccc(C(=O)[C@H](OC(=O)c2cc([N+](=O)[O-])ccc2Cl)c2ccccc2)cc1. The van der Waals surface area contributed by atoms with E-state index in [1.165, 1.54) is 12.1 Å². The predicted molar refractivity (Wildman–Crippen MR) is 108 cm³/mol. The Balaban J connectivity index is 1.96. The van der Waals surface area contributed by atoms with E-state index in [9.17, 15) is 19.7 Å². The number of nitro groups is 1. The van der Waals surface area contributed by atoms with Gasteiger partial charge >= 0.3 is 5.97 Å². The van der Waals surface area contributed by atoms with Crippen LogP contribution in [0.1, 0.15) is 37.9 Å². The second-order valence-corrected chi connectivity index (χ2v) is 6.75. The van der Waals surface area contributed by atoms with Gasteiger partial charge in [0, 0.05) is 23.3 Å². The van der Waals surface area contributed by atoms with Gasteiger partial charge in [0.2, 0.25) is 5.78 Å². The van der Waals surface area contributed by atoms with Gasteiger partial charge in [0.25, 0.3) is 5.69 Å². The lowest BCUT2D eigenvalue weighted by Crippen LogP contribution is -2.20. The molecule has 7 heteroatoms. The van der Waals surface area contributed by atoms with E-state index in [0.717, 1.165) is 11.6 Å². The number of carbonyl (C=O) groups is 2. The molecule has 0 unspecified atom stereocenters. The Hall–Kier alpha value is -3.51. The minimum absolute atomic E-state index is 0.00445. The van der Waals surface area contributed by atoms with Crippen molar-refractivity contribution in [2.24, 2.45) is 0 Å². The average Bonchev–Trinajstić information content (AvgIpc) is 2.72. The number of carbonyl (C=O) groups excluding carboxylic acids is 2. The third kappa shape index (κ3) is 4.67. The molecule has 0 aliphatic rings. The van der Waals surface area contributed by atoms with Crippen LogP contribution in [0.5, 0.6) is 0 Å². The van der Waals surface area contributed by atoms with E-state index in [0.29, 0.717) is 11.1 Å². The summed E-state index contributed by atoms with van der Waals surface area (Å²) in [6.45, 7) is 1.90. The van der Waals surface area contributed by atoms with Crippen LogP contribution in [-0.4, -0.2) is 16.7 Å². The van der Waals surface area contributed by atoms with Crippen LogP contribution in [0, 0.1) is 17.0 Å². The molecule has 0 aliphatic carbocycles. The summed E-state index contributed by atoms with van der Waals surface area (Å²) in [5.74, 6) is -1.33. The van der Waals surface area contributed by atoms with Crippen molar-refractivity contribution in [3.8, 4) is 0 Å². The highest BCUT2D eigenvalue weighted by Crippen LogP contribution is 2.28. The first-order valence-corrected chi connectivity index (χ1v) is 9.05. The summed E-state index contributed by atoms with van der Waals surface area (Å²) >= 11 is 6.03. The van der Waals surface area contributed by atoms with E-state index in [2.05, 4.69) is 0 Å². The molecule has 1 atom stereocenters. The first kappa shape index (κ1) is 20.2. The van der Waals surface area contributed by atoms with Crippen LogP contribution in [0.3, 0.4) is 0 Å². The predicted octanol–water partition coefficient (Wildman–Crippen LogP) is 5.34. The van der Waals surface area contributed by atoms with Gasteiger partial charge in [0.1, 0.15) is 0 Å². The standard InChI is InChI=1S/C22H16ClNO5/c1-14-7-9-15(10-8-14)20(25)21(16-5-3-2-4-6-16)29-22(26)18-13-17(24(27)28)11-12-19(18)23/h2-13,21H,1H3/t21-/m1/s1. The first-order chi connectivity index (χ1) is 13.9. The summed E-state index contributed by atoms with van der Waals surface area (Å²) in [5.41, 5.74) is 1.36. The number of hydrogen-bond donors (Lipinski definition) is 0. The highest BCUT2D eigenvalue weighted by atomic mass is 35.5. The van der Waals surface area contributed by atoms with E-state index in [1.54, 1.807) is 54.6 Å². The van der Waals surface area contributed by atoms with Crippen LogP contribution >= 0.6 is 11.6 Å². The molecule has 0 spiro atoms. The molecule has 0 saturated carbocycles. The van der Waals surface area contributed by atoms with Crippen LogP contribution < -0.4 is 0 Å². The van der Waals surface area contributed by atoms with Gasteiger partial charge in [-0.2, -0.15) is 0 Å². The Morgan fingerprint density at radius 1 is 1.00 bits per heavy atom. The van der Waals surface area contributed by atoms with Gasteiger partial charge in [-0.3, -0.25) is 14.9 Å². The van der Waals surface area contributed by atoms with Crippen LogP contribution in [0.25, 0.3) is 0 Å². The molecule has 0 saturated heterocycles. The fourth-order valence-corrected chi connectivity index (χ4v) is 2.92. The molecule has 0 fully saturated rings. The number of Topliss-reactive ketones (excluding diaryl/α,β-unsaturated/α-hetero) is 1. The average molecular weight is 410 g/mol. The molecule has 3 aromatic carbocycles. The normalized spacial score (nSPS) is 11.5. The lowest BCUT2D eigenvalue weighted by atomic mass is 9.99. The Kier molecular flexibility index (Phi) is 6.04. The number of esters is 1. The molecule has 3 aromatic rings. The topological polar surface area (TPSA) is 86.5 Å². The van der Waals surface area contributed by atoms with Crippen LogP contribution in [0.15, 0.2) is 72.8 Å². The summed E-state index contributed by atoms with van der Waals surface area (Å²) in [7, 11) is 0. The number of ether oxygens (including phenoxy) is 1. The number of nitro benzene ring substituents is 1. The fourth-order valence-electron chi connectivity index (χ4n) is 2.72. The summed E-state index contributed by atoms with van der Waals surface area (Å²) in [6, 6.07) is 18.9. The number of halogens is 1. The Morgan fingerprint density at radius 3 is 2.28 bits per heavy atom. The van der Waals surface area contributed by atoms with Gasteiger partial charge in [-0.05, 0) is 13.0 Å². The van der Waals surface area contributed by atoms with Crippen molar-refractivity contribution in [2.45, 2.75) is 13.0 Å². The van der Waals surface area contributed by atoms with Crippen molar-refractivity contribution in [1.82, 2.24) is 0 Å². The molecule has 0 aromatic heterocycles. The lowest BCUT2D eigenvalue weighted by Gasteiger charge is -2.18. The maximum Gasteiger partial charge on any atom is 0.340 e. The quantitative estimate of drug-likeness (QED) is 0.237. The number of nitrogens with zero attached hydrogens (tertiary/aromatic N) is 1. The van der Waals surface area contributed by atoms with E-state index in [4.69, 9.17) is 16.3 Å². The van der Waals surface area contributed by atoms with Crippen molar-refractivity contribution in [3.05, 3.63) is 110 Å². The van der Waals surface area contributed by atoms with Gasteiger partial charge in [-0.15, -0.1) is 0 Å². The molecule has 0 radical (unpaired) electrons. The number of hydrogen-bond acceptors (Lipinski definition) is 5. The highest BCUT2D eigenvalue weighted by molar-refractivity contribution is 6.33. The Labute approximate surface area is 171 Å². The molecule has 0 bridgehead atoms. The molecule has 3 rings (SSSR count). The zero-order valence-electron chi connectivity index (χ0n) is 15.4. The van der Waals surface area contributed by atoms with Gasteiger partial charge < -0.3 is 4.74 Å². The second-order valence-electron chi connectivity index (χ2n) is 6.35. The van der Waals surface area contributed by atoms with Crippen molar-refractivity contribution >= 4 is 29.0 Å². The van der Waals surface area contributed by atoms with E-state index in [1.807, 2.05) is 6.92 Å². The summed E-state index contributed by atoms with van der Waals surface area (Å²) < 4.78 is 5.49. The number of aryl methyl sites for hydroxylation is 1. The van der Waals surface area contributed by atoms with Crippen molar-refractivity contribution in [1.29, 1.82) is 0 Å². The zero-order chi connectivity index (χ0) is 21.0. The fraction of sp³-hybridized carbons (Fsp3) is 0.0909. The summed E-state index contributed by atoms with van der Waals surface area (Å²) in [5, 5.41) is 11.0. The van der Waals surface area contributed by atoms with E-state index < -0.39 is 22.8 Å². The van der Waals surface area contributed by atoms with Gasteiger partial charge in [0.15, 0.2) is 6.10 Å². The van der Waals surface area contributed by atoms with Crippen LogP contribution in [-0.2, 0) is 4.74 Å². The summed E-state index contributed by atoms with van der Waals surface area (Å²) in [6.07, 6.45) is -1.22. The second kappa shape index (κ2) is 8.67. The van der Waals surface area contributed by atoms with Crippen LogP contribution in [0.2, 0.25) is 5.02 Å². The van der Waals surface area contributed by atoms with Gasteiger partial charge in [0.05, 0.1) is 15.5 Å². The maximum atomic E-state index is 13.1. The summed E-state index contributed by atoms with van der Waals surface area (Å²) in [4.78, 5) is 36.2. The highest BCUT2D eigenvalue weighted by Gasteiger charge is 2.28. The van der Waals surface area contributed by atoms with Crippen LogP contribution in [0.4, 0.5) is 5.69 Å². The number of non-ortho nitro benzene ring substituents is 1. The smallest absolute Gasteiger partial charge is 0.340 e. The number of rotatable bonds is 6. The van der Waals surface area contributed by atoms with E-state index >= 15 is 0 Å². The van der Waals surface area contributed by atoms with Gasteiger partial charge in [-0.25, -0.2) is 4.79 Å². The third-order valence-electron chi connectivity index (χ3n) is 4.28. The molecule has 0 heterocycles. The molecule has 146 valence electrons. The minimum Gasteiger partial charge on any atom is -0.445 e. The lowest BCUT2D eigenvalue weighted by molar-refractivity contribution is -0.384. The minimum atomic E-state index is -1.22. The van der Waals surface area contributed by atoms with Gasteiger partial charge in [-0.1, -0.05) is 71.8 Å². The molecule has 0 aliphatic heterocycles. The number of benzene rings is 3. The molecule has 6 nitrogen and oxygen atoms in total. The molecular weight excluding hydrogens is 394 g/mol. The largest absolute Gasteiger partial charge is 0.445 e. The first-order valence-electron chi connectivity index (χ1n) is 8.67. The van der Waals surface area contributed by atoms with Crippen molar-refractivity contribution in [2.75, 3.05) is 0 Å². The molecule has 0 N–H and O–H groups in total. The number of ketones is 1. The third-order valence-corrected chi connectivity index (χ3v) is 4.61. The molecular formula is C22H16ClNO5. The van der Waals surface area contributed by atoms with Crippen molar-refractivity contribution in [3.63, 3.8) is 0 Å². The monoisotopic (exact) mass is 409 g/mol. The zero-order valence-corrected chi connectivity index (χ0v) is 16.1. The molecule has 29 heavy (non-hydrogen) atoms.